The van der Waals surface area contributed by atoms with Gasteiger partial charge in [-0.2, -0.15) is 5.10 Å². The molecule has 2 rings (SSSR count). The zero-order chi connectivity index (χ0) is 13.8. The van der Waals surface area contributed by atoms with Gasteiger partial charge in [0, 0.05) is 24.5 Å². The molecule has 0 saturated carbocycles. The van der Waals surface area contributed by atoms with E-state index in [1.165, 1.54) is 0 Å². The fourth-order valence-electron chi connectivity index (χ4n) is 1.88. The summed E-state index contributed by atoms with van der Waals surface area (Å²) in [6.45, 7) is 7.19. The number of nitrogen functional groups attached to an aromatic ring is 1. The average Bonchev–Trinajstić information content (AvgIpc) is 2.86. The first kappa shape index (κ1) is 13.5. The molecule has 0 aromatic carbocycles. The smallest absolute Gasteiger partial charge is 0.164 e. The van der Waals surface area contributed by atoms with E-state index < -0.39 is 0 Å². The monoisotopic (exact) mass is 260 g/mol. The SMILES string of the molecule is CCn1cc(-c2nc(CC(C)C)cc(NN)n2)cn1. The van der Waals surface area contributed by atoms with Gasteiger partial charge in [0.2, 0.25) is 0 Å². The van der Waals surface area contributed by atoms with Crippen LogP contribution in [0.15, 0.2) is 18.5 Å². The van der Waals surface area contributed by atoms with E-state index >= 15 is 0 Å². The summed E-state index contributed by atoms with van der Waals surface area (Å²) in [4.78, 5) is 8.96. The van der Waals surface area contributed by atoms with Crippen LogP contribution in [0.4, 0.5) is 5.82 Å². The van der Waals surface area contributed by atoms with Crippen LogP contribution in [0.25, 0.3) is 11.4 Å². The lowest BCUT2D eigenvalue weighted by molar-refractivity contribution is 0.635. The molecule has 19 heavy (non-hydrogen) atoms. The summed E-state index contributed by atoms with van der Waals surface area (Å²) in [7, 11) is 0. The lowest BCUT2D eigenvalue weighted by atomic mass is 10.1. The quantitative estimate of drug-likeness (QED) is 0.633. The van der Waals surface area contributed by atoms with Crippen LogP contribution in [0.2, 0.25) is 0 Å². The fourth-order valence-corrected chi connectivity index (χ4v) is 1.88. The summed E-state index contributed by atoms with van der Waals surface area (Å²) in [5, 5.41) is 4.24. The standard InChI is InChI=1S/C13H20N6/c1-4-19-8-10(7-15-19)13-16-11(5-9(2)3)6-12(17-13)18-14/h6-9H,4-5,14H2,1-3H3,(H,16,17,18). The molecule has 0 saturated heterocycles. The Morgan fingerprint density at radius 2 is 2.16 bits per heavy atom. The van der Waals surface area contributed by atoms with Gasteiger partial charge >= 0.3 is 0 Å². The van der Waals surface area contributed by atoms with E-state index in [4.69, 9.17) is 5.84 Å². The molecule has 6 nitrogen and oxygen atoms in total. The van der Waals surface area contributed by atoms with Gasteiger partial charge in [-0.3, -0.25) is 4.68 Å². The molecule has 0 unspecified atom stereocenters. The minimum absolute atomic E-state index is 0.534. The van der Waals surface area contributed by atoms with Gasteiger partial charge in [0.15, 0.2) is 5.82 Å². The molecule has 0 aliphatic rings. The Morgan fingerprint density at radius 3 is 2.74 bits per heavy atom. The summed E-state index contributed by atoms with van der Waals surface area (Å²) in [6, 6.07) is 1.88. The first-order valence-corrected chi connectivity index (χ1v) is 6.49. The van der Waals surface area contributed by atoms with E-state index in [1.807, 2.05) is 23.9 Å². The van der Waals surface area contributed by atoms with E-state index in [1.54, 1.807) is 6.20 Å². The molecular weight excluding hydrogens is 240 g/mol. The lowest BCUT2D eigenvalue weighted by Crippen LogP contribution is -2.11. The Balaban J connectivity index is 2.38. The van der Waals surface area contributed by atoms with Crippen molar-refractivity contribution in [1.29, 1.82) is 0 Å². The predicted molar refractivity (Wildman–Crippen MR) is 75.3 cm³/mol. The second-order valence-corrected chi connectivity index (χ2v) is 4.90. The van der Waals surface area contributed by atoms with E-state index in [9.17, 15) is 0 Å². The number of hydrazine groups is 1. The molecule has 0 bridgehead atoms. The van der Waals surface area contributed by atoms with E-state index in [2.05, 4.69) is 34.3 Å². The van der Waals surface area contributed by atoms with Crippen molar-refractivity contribution >= 4 is 5.82 Å². The van der Waals surface area contributed by atoms with Crippen molar-refractivity contribution < 1.29 is 0 Å². The molecule has 102 valence electrons. The molecule has 0 fully saturated rings. The molecular formula is C13H20N6. The maximum Gasteiger partial charge on any atom is 0.164 e. The largest absolute Gasteiger partial charge is 0.308 e. The molecule has 6 heteroatoms. The predicted octanol–water partition coefficient (Wildman–Crippen LogP) is 1.84. The van der Waals surface area contributed by atoms with Crippen molar-refractivity contribution in [2.24, 2.45) is 11.8 Å². The Hall–Kier alpha value is -1.95. The highest BCUT2D eigenvalue weighted by Gasteiger charge is 2.09. The zero-order valence-corrected chi connectivity index (χ0v) is 11.6. The first-order valence-electron chi connectivity index (χ1n) is 6.49. The summed E-state index contributed by atoms with van der Waals surface area (Å²) in [6.07, 6.45) is 4.61. The minimum atomic E-state index is 0.534. The van der Waals surface area contributed by atoms with Crippen molar-refractivity contribution in [2.75, 3.05) is 5.43 Å². The van der Waals surface area contributed by atoms with Crippen molar-refractivity contribution in [1.82, 2.24) is 19.7 Å². The normalized spacial score (nSPS) is 11.0. The van der Waals surface area contributed by atoms with E-state index in [0.29, 0.717) is 17.6 Å². The van der Waals surface area contributed by atoms with Gasteiger partial charge in [-0.05, 0) is 19.3 Å². The number of nitrogens with two attached hydrogens (primary N) is 1. The Bertz CT molecular complexity index is 546. The number of anilines is 1. The van der Waals surface area contributed by atoms with Crippen LogP contribution in [0.1, 0.15) is 26.5 Å². The maximum atomic E-state index is 5.47. The van der Waals surface area contributed by atoms with Gasteiger partial charge in [0.05, 0.1) is 11.8 Å². The fraction of sp³-hybridized carbons (Fsp3) is 0.462. The van der Waals surface area contributed by atoms with Gasteiger partial charge in [-0.15, -0.1) is 0 Å². The molecule has 0 radical (unpaired) electrons. The molecule has 2 aromatic heterocycles. The first-order chi connectivity index (χ1) is 9.12. The summed E-state index contributed by atoms with van der Waals surface area (Å²) < 4.78 is 1.85. The number of aromatic nitrogens is 4. The third kappa shape index (κ3) is 3.29. The Kier molecular flexibility index (Phi) is 4.11. The number of hydrogen-bond acceptors (Lipinski definition) is 5. The van der Waals surface area contributed by atoms with Crippen LogP contribution < -0.4 is 11.3 Å². The highest BCUT2D eigenvalue weighted by molar-refractivity contribution is 5.55. The van der Waals surface area contributed by atoms with Gasteiger partial charge in [0.1, 0.15) is 5.82 Å². The number of nitrogens with one attached hydrogen (secondary N) is 1. The molecule has 3 N–H and O–H groups in total. The molecule has 0 aliphatic carbocycles. The summed E-state index contributed by atoms with van der Waals surface area (Å²) in [5.41, 5.74) is 4.48. The molecule has 2 heterocycles. The second-order valence-electron chi connectivity index (χ2n) is 4.90. The number of nitrogens with zero attached hydrogens (tertiary/aromatic N) is 4. The molecule has 0 aliphatic heterocycles. The average molecular weight is 260 g/mol. The van der Waals surface area contributed by atoms with Crippen LogP contribution >= 0.6 is 0 Å². The Labute approximate surface area is 113 Å². The van der Waals surface area contributed by atoms with Crippen LogP contribution in [0, 0.1) is 5.92 Å². The maximum absolute atomic E-state index is 5.47. The zero-order valence-electron chi connectivity index (χ0n) is 11.6. The van der Waals surface area contributed by atoms with Crippen molar-refractivity contribution in [3.8, 4) is 11.4 Å². The highest BCUT2D eigenvalue weighted by atomic mass is 15.3. The molecule has 2 aromatic rings. The number of hydrogen-bond donors (Lipinski definition) is 2. The molecule has 0 spiro atoms. The second kappa shape index (κ2) is 5.79. The van der Waals surface area contributed by atoms with Crippen LogP contribution in [0.3, 0.4) is 0 Å². The Morgan fingerprint density at radius 1 is 1.37 bits per heavy atom. The minimum Gasteiger partial charge on any atom is -0.308 e. The topological polar surface area (TPSA) is 81.7 Å². The van der Waals surface area contributed by atoms with Gasteiger partial charge in [-0.25, -0.2) is 15.8 Å². The summed E-state index contributed by atoms with van der Waals surface area (Å²) >= 11 is 0. The molecule has 0 atom stereocenters. The van der Waals surface area contributed by atoms with Gasteiger partial charge < -0.3 is 5.43 Å². The van der Waals surface area contributed by atoms with Gasteiger partial charge in [0.25, 0.3) is 0 Å². The van der Waals surface area contributed by atoms with Crippen molar-refractivity contribution in [3.63, 3.8) is 0 Å². The molecule has 0 amide bonds. The third-order valence-electron chi connectivity index (χ3n) is 2.76. The van der Waals surface area contributed by atoms with E-state index in [0.717, 1.165) is 24.2 Å². The van der Waals surface area contributed by atoms with Crippen LogP contribution in [-0.4, -0.2) is 19.7 Å². The highest BCUT2D eigenvalue weighted by Crippen LogP contribution is 2.18. The number of aryl methyl sites for hydroxylation is 1. The van der Waals surface area contributed by atoms with Gasteiger partial charge in [-0.1, -0.05) is 13.8 Å². The van der Waals surface area contributed by atoms with E-state index in [-0.39, 0.29) is 0 Å². The third-order valence-corrected chi connectivity index (χ3v) is 2.76. The van der Waals surface area contributed by atoms with Crippen molar-refractivity contribution in [2.45, 2.75) is 33.7 Å². The number of rotatable bonds is 5. The van der Waals surface area contributed by atoms with Crippen LogP contribution in [-0.2, 0) is 13.0 Å². The van der Waals surface area contributed by atoms with Crippen LogP contribution in [0.5, 0.6) is 0 Å². The van der Waals surface area contributed by atoms with Crippen molar-refractivity contribution in [3.05, 3.63) is 24.2 Å². The summed E-state index contributed by atoms with van der Waals surface area (Å²) in [5.74, 6) is 7.29. The lowest BCUT2D eigenvalue weighted by Gasteiger charge is -2.08.